The maximum absolute atomic E-state index is 12.7. The highest BCUT2D eigenvalue weighted by atomic mass is 32.1. The van der Waals surface area contributed by atoms with Gasteiger partial charge in [0.05, 0.1) is 42.1 Å². The molecule has 0 spiro atoms. The molecular weight excluding hydrogens is 362 g/mol. The molecule has 0 aliphatic rings. The normalized spacial score (nSPS) is 11.3. The highest BCUT2D eigenvalue weighted by Crippen LogP contribution is 2.32. The van der Waals surface area contributed by atoms with Crippen LogP contribution in [0.5, 0.6) is 5.75 Å². The Labute approximate surface area is 159 Å². The third-order valence-electron chi connectivity index (χ3n) is 4.11. The Morgan fingerprint density at radius 3 is 2.96 bits per heavy atom. The Morgan fingerprint density at radius 2 is 2.22 bits per heavy atom. The number of carbonyl (C=O) groups excluding carboxylic acids is 1. The number of hydrogen-bond acceptors (Lipinski definition) is 5. The molecule has 27 heavy (non-hydrogen) atoms. The van der Waals surface area contributed by atoms with Crippen molar-refractivity contribution < 1.29 is 13.9 Å². The number of H-pyrrole nitrogens is 1. The van der Waals surface area contributed by atoms with E-state index < -0.39 is 0 Å². The van der Waals surface area contributed by atoms with E-state index in [9.17, 15) is 4.79 Å². The van der Waals surface area contributed by atoms with Crippen molar-refractivity contribution in [1.29, 1.82) is 0 Å². The number of carbonyl (C=O) groups is 1. The Hall–Kier alpha value is -3.32. The van der Waals surface area contributed by atoms with Crippen molar-refractivity contribution in [2.45, 2.75) is 6.54 Å². The molecule has 2 N–H and O–H groups in total. The molecule has 1 amide bonds. The van der Waals surface area contributed by atoms with Gasteiger partial charge in [0.15, 0.2) is 0 Å². The van der Waals surface area contributed by atoms with Gasteiger partial charge in [-0.25, -0.2) is 0 Å². The van der Waals surface area contributed by atoms with Crippen molar-refractivity contribution in [1.82, 2.24) is 15.5 Å². The molecular formula is C20H17N3O3S. The van der Waals surface area contributed by atoms with Gasteiger partial charge in [0.2, 0.25) is 0 Å². The minimum atomic E-state index is -0.237. The number of rotatable bonds is 6. The summed E-state index contributed by atoms with van der Waals surface area (Å²) in [6, 6.07) is 11.1. The molecule has 4 rings (SSSR count). The summed E-state index contributed by atoms with van der Waals surface area (Å²) in [5.41, 5.74) is 1.97. The first kappa shape index (κ1) is 17.1. The molecule has 0 atom stereocenters. The Kier molecular flexibility index (Phi) is 4.76. The first-order valence-electron chi connectivity index (χ1n) is 8.33. The van der Waals surface area contributed by atoms with Crippen LogP contribution in [0.1, 0.15) is 26.7 Å². The molecule has 0 bridgehead atoms. The molecule has 0 saturated heterocycles. The topological polar surface area (TPSA) is 80.2 Å². The average molecular weight is 379 g/mol. The van der Waals surface area contributed by atoms with Gasteiger partial charge >= 0.3 is 0 Å². The molecule has 6 nitrogen and oxygen atoms in total. The lowest BCUT2D eigenvalue weighted by atomic mass is 10.1. The van der Waals surface area contributed by atoms with Gasteiger partial charge < -0.3 is 14.5 Å². The minimum absolute atomic E-state index is 0.237. The minimum Gasteiger partial charge on any atom is -0.495 e. The Morgan fingerprint density at radius 1 is 1.30 bits per heavy atom. The molecule has 4 aromatic rings. The second-order valence-corrected chi connectivity index (χ2v) is 6.77. The van der Waals surface area contributed by atoms with E-state index in [1.54, 1.807) is 42.9 Å². The fraction of sp³-hybridized carbons (Fsp3) is 0.100. The van der Waals surface area contributed by atoms with Gasteiger partial charge in [0, 0.05) is 4.88 Å². The van der Waals surface area contributed by atoms with Gasteiger partial charge in [-0.15, -0.1) is 11.3 Å². The van der Waals surface area contributed by atoms with Gasteiger partial charge in [0.25, 0.3) is 5.91 Å². The Balaban J connectivity index is 1.67. The van der Waals surface area contributed by atoms with Gasteiger partial charge in [-0.3, -0.25) is 9.89 Å². The second-order valence-electron chi connectivity index (χ2n) is 5.79. The molecule has 3 aromatic heterocycles. The van der Waals surface area contributed by atoms with E-state index in [0.29, 0.717) is 23.6 Å². The number of aromatic nitrogens is 2. The predicted octanol–water partition coefficient (Wildman–Crippen LogP) is 4.33. The third kappa shape index (κ3) is 3.50. The number of thiophene rings is 1. The van der Waals surface area contributed by atoms with Gasteiger partial charge in [-0.1, -0.05) is 6.07 Å². The lowest BCUT2D eigenvalue weighted by Crippen LogP contribution is -2.23. The maximum Gasteiger partial charge on any atom is 0.255 e. The van der Waals surface area contributed by atoms with Gasteiger partial charge in [-0.2, -0.15) is 5.10 Å². The molecule has 1 aromatic carbocycles. The number of benzene rings is 1. The van der Waals surface area contributed by atoms with Crippen LogP contribution in [-0.4, -0.2) is 23.2 Å². The number of furan rings is 1. The van der Waals surface area contributed by atoms with Crippen molar-refractivity contribution in [2.75, 3.05) is 7.11 Å². The largest absolute Gasteiger partial charge is 0.495 e. The zero-order valence-corrected chi connectivity index (χ0v) is 15.4. The number of fused-ring (bicyclic) bond motifs is 1. The number of methoxy groups -OCH3 is 1. The van der Waals surface area contributed by atoms with Crippen LogP contribution >= 0.6 is 11.3 Å². The zero-order chi connectivity index (χ0) is 18.6. The molecule has 0 aliphatic carbocycles. The number of nitrogens with one attached hydrogen (secondary N) is 2. The highest BCUT2D eigenvalue weighted by Gasteiger charge is 2.19. The summed E-state index contributed by atoms with van der Waals surface area (Å²) < 4.78 is 10.8. The maximum atomic E-state index is 12.7. The van der Waals surface area contributed by atoms with Crippen molar-refractivity contribution in [2.24, 2.45) is 0 Å². The van der Waals surface area contributed by atoms with Crippen LogP contribution < -0.4 is 10.1 Å². The van der Waals surface area contributed by atoms with Crippen molar-refractivity contribution in [3.63, 3.8) is 0 Å². The quantitative estimate of drug-likeness (QED) is 0.523. The molecule has 0 fully saturated rings. The van der Waals surface area contributed by atoms with E-state index in [0.717, 1.165) is 21.5 Å². The number of ether oxygens (including phenoxy) is 1. The van der Waals surface area contributed by atoms with E-state index in [1.165, 1.54) is 0 Å². The van der Waals surface area contributed by atoms with E-state index >= 15 is 0 Å². The van der Waals surface area contributed by atoms with Crippen molar-refractivity contribution in [3.05, 3.63) is 69.9 Å². The molecule has 0 radical (unpaired) electrons. The van der Waals surface area contributed by atoms with Crippen LogP contribution in [-0.2, 0) is 6.54 Å². The van der Waals surface area contributed by atoms with E-state index in [-0.39, 0.29) is 5.91 Å². The summed E-state index contributed by atoms with van der Waals surface area (Å²) in [6.45, 7) is 0.309. The second kappa shape index (κ2) is 7.51. The van der Waals surface area contributed by atoms with Crippen LogP contribution in [0, 0.1) is 0 Å². The molecule has 0 aliphatic heterocycles. The first-order chi connectivity index (χ1) is 13.3. The lowest BCUT2D eigenvalue weighted by Gasteiger charge is -2.10. The number of nitrogens with zero attached hydrogens (tertiary/aromatic N) is 1. The average Bonchev–Trinajstić information content (AvgIpc) is 3.45. The monoisotopic (exact) mass is 379 g/mol. The molecule has 136 valence electrons. The molecule has 7 heteroatoms. The van der Waals surface area contributed by atoms with Crippen molar-refractivity contribution >= 4 is 40.3 Å². The highest BCUT2D eigenvalue weighted by molar-refractivity contribution is 7.10. The third-order valence-corrected chi connectivity index (χ3v) is 4.95. The zero-order valence-electron chi connectivity index (χ0n) is 14.6. The molecule has 0 unspecified atom stereocenters. The number of aromatic amines is 1. The standard InChI is InChI=1S/C20H17N3O3S/c1-25-19-15(20(24)21-12-13-4-2-10-26-13)7-9-17-18(19)16(22-23-17)8-6-14-5-3-11-27-14/h2-11H,12H2,1H3,(H,21,24)(H,22,23). The fourth-order valence-corrected chi connectivity index (χ4v) is 3.46. The van der Waals surface area contributed by atoms with Crippen LogP contribution in [0.3, 0.4) is 0 Å². The fourth-order valence-electron chi connectivity index (χ4n) is 2.84. The van der Waals surface area contributed by atoms with Crippen LogP contribution in [0.4, 0.5) is 0 Å². The summed E-state index contributed by atoms with van der Waals surface area (Å²) in [4.78, 5) is 13.8. The van der Waals surface area contributed by atoms with Gasteiger partial charge in [0.1, 0.15) is 11.5 Å². The van der Waals surface area contributed by atoms with E-state index in [1.807, 2.05) is 35.7 Å². The smallest absolute Gasteiger partial charge is 0.255 e. The summed E-state index contributed by atoms with van der Waals surface area (Å²) >= 11 is 1.65. The van der Waals surface area contributed by atoms with Crippen LogP contribution in [0.25, 0.3) is 23.1 Å². The number of amides is 1. The summed E-state index contributed by atoms with van der Waals surface area (Å²) in [6.07, 6.45) is 5.51. The van der Waals surface area contributed by atoms with E-state index in [4.69, 9.17) is 9.15 Å². The van der Waals surface area contributed by atoms with Gasteiger partial charge in [-0.05, 0) is 47.9 Å². The molecule has 0 saturated carbocycles. The number of hydrogen-bond donors (Lipinski definition) is 2. The van der Waals surface area contributed by atoms with Crippen molar-refractivity contribution in [3.8, 4) is 5.75 Å². The SMILES string of the molecule is COc1c(C(=O)NCc2ccco2)ccc2n[nH]c(C=Cc3cccs3)c12. The summed E-state index contributed by atoms with van der Waals surface area (Å²) in [5.74, 6) is 0.940. The summed E-state index contributed by atoms with van der Waals surface area (Å²) in [5, 5.41) is 13.0. The Bertz CT molecular complexity index is 1080. The first-order valence-corrected chi connectivity index (χ1v) is 9.21. The predicted molar refractivity (Wildman–Crippen MR) is 106 cm³/mol. The lowest BCUT2D eigenvalue weighted by molar-refractivity contribution is 0.0945. The summed E-state index contributed by atoms with van der Waals surface area (Å²) in [7, 11) is 1.55. The van der Waals surface area contributed by atoms with Crippen LogP contribution in [0.2, 0.25) is 0 Å². The molecule has 3 heterocycles. The van der Waals surface area contributed by atoms with E-state index in [2.05, 4.69) is 15.5 Å². The van der Waals surface area contributed by atoms with Crippen LogP contribution in [0.15, 0.2) is 52.5 Å².